The molecule has 0 aliphatic carbocycles. The predicted molar refractivity (Wildman–Crippen MR) is 82.1 cm³/mol. The summed E-state index contributed by atoms with van der Waals surface area (Å²) in [5, 5.41) is 14.0. The van der Waals surface area contributed by atoms with Crippen LogP contribution in [0.3, 0.4) is 0 Å². The van der Waals surface area contributed by atoms with Gasteiger partial charge in [0.05, 0.1) is 25.8 Å². The Bertz CT molecular complexity index is 665. The van der Waals surface area contributed by atoms with Gasteiger partial charge in [0.2, 0.25) is 0 Å². The van der Waals surface area contributed by atoms with Crippen LogP contribution in [0.25, 0.3) is 0 Å². The highest BCUT2D eigenvalue weighted by Gasteiger charge is 2.20. The maximum absolute atomic E-state index is 13.4. The summed E-state index contributed by atoms with van der Waals surface area (Å²) in [6.07, 6.45) is 0. The molecule has 1 atom stereocenters. The molecule has 2 rings (SSSR count). The number of thiophene rings is 1. The molecule has 0 saturated carbocycles. The lowest BCUT2D eigenvalue weighted by atomic mass is 10.2. The molecular formula is C12H9BrClFN2O2S. The molecule has 20 heavy (non-hydrogen) atoms. The minimum absolute atomic E-state index is 0.169. The number of benzene rings is 1. The van der Waals surface area contributed by atoms with E-state index in [9.17, 15) is 14.5 Å². The van der Waals surface area contributed by atoms with Crippen molar-refractivity contribution in [2.75, 3.05) is 5.32 Å². The molecule has 0 aliphatic heterocycles. The molecule has 0 fully saturated rings. The van der Waals surface area contributed by atoms with E-state index in [1.807, 2.05) is 13.0 Å². The van der Waals surface area contributed by atoms with Crippen LogP contribution in [0, 0.1) is 15.9 Å². The van der Waals surface area contributed by atoms with Gasteiger partial charge in [-0.3, -0.25) is 10.1 Å². The number of anilines is 1. The normalized spacial score (nSPS) is 12.2. The Hall–Kier alpha value is -1.18. The maximum Gasteiger partial charge on any atom is 0.295 e. The van der Waals surface area contributed by atoms with E-state index in [1.165, 1.54) is 17.4 Å². The number of nitrogens with zero attached hydrogens (tertiary/aromatic N) is 1. The second-order valence-electron chi connectivity index (χ2n) is 4.05. The van der Waals surface area contributed by atoms with Crippen molar-refractivity contribution in [1.82, 2.24) is 0 Å². The predicted octanol–water partition coefficient (Wildman–Crippen LogP) is 5.38. The molecule has 1 aromatic carbocycles. The first-order valence-corrected chi connectivity index (χ1v) is 7.52. The Labute approximate surface area is 131 Å². The summed E-state index contributed by atoms with van der Waals surface area (Å²) in [5.41, 5.74) is -0.0551. The number of hydrogen-bond donors (Lipinski definition) is 1. The second kappa shape index (κ2) is 6.07. The molecule has 0 bridgehead atoms. The lowest BCUT2D eigenvalue weighted by Gasteiger charge is -2.14. The number of nitro benzene ring substituents is 1. The number of hydrogen-bond acceptors (Lipinski definition) is 4. The zero-order valence-corrected chi connectivity index (χ0v) is 13.4. The van der Waals surface area contributed by atoms with Crippen LogP contribution in [0.15, 0.2) is 28.7 Å². The van der Waals surface area contributed by atoms with E-state index in [-0.39, 0.29) is 21.9 Å². The Morgan fingerprint density at radius 3 is 2.75 bits per heavy atom. The third-order valence-electron chi connectivity index (χ3n) is 2.63. The molecular weight excluding hydrogens is 371 g/mol. The van der Waals surface area contributed by atoms with Gasteiger partial charge in [-0.1, -0.05) is 11.6 Å². The first-order chi connectivity index (χ1) is 9.38. The first-order valence-electron chi connectivity index (χ1n) is 5.53. The van der Waals surface area contributed by atoms with Gasteiger partial charge in [0.25, 0.3) is 5.69 Å². The highest BCUT2D eigenvalue weighted by atomic mass is 79.9. The number of nitrogens with one attached hydrogen (secondary N) is 1. The summed E-state index contributed by atoms with van der Waals surface area (Å²) in [4.78, 5) is 11.3. The Kier molecular flexibility index (Phi) is 4.62. The Morgan fingerprint density at radius 2 is 2.20 bits per heavy atom. The van der Waals surface area contributed by atoms with Crippen molar-refractivity contribution in [3.05, 3.63) is 53.9 Å². The van der Waals surface area contributed by atoms with Gasteiger partial charge in [0, 0.05) is 4.88 Å². The molecule has 1 aromatic heterocycles. The summed E-state index contributed by atoms with van der Waals surface area (Å²) < 4.78 is 14.2. The molecule has 0 saturated heterocycles. The fourth-order valence-corrected chi connectivity index (χ4v) is 3.08. The molecule has 0 spiro atoms. The quantitative estimate of drug-likeness (QED) is 0.573. The molecule has 0 amide bonds. The zero-order chi connectivity index (χ0) is 14.9. The van der Waals surface area contributed by atoms with Crippen LogP contribution >= 0.6 is 38.9 Å². The van der Waals surface area contributed by atoms with Crippen LogP contribution in [0.5, 0.6) is 0 Å². The van der Waals surface area contributed by atoms with Crippen LogP contribution in [0.4, 0.5) is 15.8 Å². The van der Waals surface area contributed by atoms with E-state index in [4.69, 9.17) is 11.6 Å². The molecule has 1 unspecified atom stereocenters. The van der Waals surface area contributed by atoms with Crippen molar-refractivity contribution in [2.45, 2.75) is 13.0 Å². The van der Waals surface area contributed by atoms with E-state index >= 15 is 0 Å². The fraction of sp³-hybridized carbons (Fsp3) is 0.167. The second-order valence-corrected chi connectivity index (χ2v) is 6.65. The summed E-state index contributed by atoms with van der Waals surface area (Å²) in [7, 11) is 0. The summed E-state index contributed by atoms with van der Waals surface area (Å²) in [6.45, 7) is 1.85. The van der Waals surface area contributed by atoms with Crippen LogP contribution in [-0.2, 0) is 0 Å². The van der Waals surface area contributed by atoms with Gasteiger partial charge in [0.15, 0.2) is 0 Å². The molecule has 2 aromatic rings. The average molecular weight is 380 g/mol. The van der Waals surface area contributed by atoms with E-state index < -0.39 is 10.7 Å². The largest absolute Gasteiger partial charge is 0.372 e. The van der Waals surface area contributed by atoms with Crippen molar-refractivity contribution < 1.29 is 9.31 Å². The highest BCUT2D eigenvalue weighted by molar-refractivity contribution is 9.10. The van der Waals surface area contributed by atoms with Gasteiger partial charge < -0.3 is 5.32 Å². The Balaban J connectivity index is 2.33. The van der Waals surface area contributed by atoms with Crippen molar-refractivity contribution in [1.29, 1.82) is 0 Å². The summed E-state index contributed by atoms with van der Waals surface area (Å²) in [5.74, 6) is -0.672. The molecule has 1 N–H and O–H groups in total. The van der Waals surface area contributed by atoms with E-state index in [0.29, 0.717) is 4.34 Å². The number of nitro groups is 1. The number of halogens is 3. The van der Waals surface area contributed by atoms with Gasteiger partial charge >= 0.3 is 0 Å². The van der Waals surface area contributed by atoms with Crippen LogP contribution in [0.1, 0.15) is 17.8 Å². The van der Waals surface area contributed by atoms with Crippen LogP contribution < -0.4 is 5.32 Å². The van der Waals surface area contributed by atoms with Gasteiger partial charge in [-0.05, 0) is 41.1 Å². The monoisotopic (exact) mass is 378 g/mol. The minimum atomic E-state index is -0.672. The smallest absolute Gasteiger partial charge is 0.295 e. The average Bonchev–Trinajstić information content (AvgIpc) is 2.80. The van der Waals surface area contributed by atoms with E-state index in [0.717, 1.165) is 10.9 Å². The third kappa shape index (κ3) is 3.28. The zero-order valence-electron chi connectivity index (χ0n) is 10.2. The molecule has 0 radical (unpaired) electrons. The third-order valence-corrected chi connectivity index (χ3v) is 4.65. The van der Waals surface area contributed by atoms with Gasteiger partial charge in [0.1, 0.15) is 11.5 Å². The standard InChI is InChI=1S/C12H9BrClFN2O2S/c1-6(11-2-3-12(14)20-11)16-9-4-7(13)8(15)5-10(9)17(18)19/h2-6,16H,1H3. The molecule has 106 valence electrons. The summed E-state index contributed by atoms with van der Waals surface area (Å²) >= 11 is 10.3. The number of rotatable bonds is 4. The minimum Gasteiger partial charge on any atom is -0.372 e. The highest BCUT2D eigenvalue weighted by Crippen LogP contribution is 2.35. The van der Waals surface area contributed by atoms with Crippen molar-refractivity contribution in [2.24, 2.45) is 0 Å². The van der Waals surface area contributed by atoms with E-state index in [2.05, 4.69) is 21.2 Å². The van der Waals surface area contributed by atoms with Gasteiger partial charge in [-0.2, -0.15) is 0 Å². The first kappa shape index (κ1) is 15.2. The van der Waals surface area contributed by atoms with Crippen molar-refractivity contribution in [3.8, 4) is 0 Å². The van der Waals surface area contributed by atoms with Crippen LogP contribution in [-0.4, -0.2) is 4.92 Å². The fourth-order valence-electron chi connectivity index (χ4n) is 1.67. The molecule has 1 heterocycles. The van der Waals surface area contributed by atoms with Crippen molar-refractivity contribution in [3.63, 3.8) is 0 Å². The SMILES string of the molecule is CC(Nc1cc(Br)c(F)cc1[N+](=O)[O-])c1ccc(Cl)s1. The lowest BCUT2D eigenvalue weighted by molar-refractivity contribution is -0.384. The summed E-state index contributed by atoms with van der Waals surface area (Å²) in [6, 6.07) is 5.67. The lowest BCUT2D eigenvalue weighted by Crippen LogP contribution is -2.07. The topological polar surface area (TPSA) is 55.2 Å². The van der Waals surface area contributed by atoms with E-state index in [1.54, 1.807) is 6.07 Å². The van der Waals surface area contributed by atoms with Gasteiger partial charge in [-0.15, -0.1) is 11.3 Å². The Morgan fingerprint density at radius 1 is 1.50 bits per heavy atom. The van der Waals surface area contributed by atoms with Crippen LogP contribution in [0.2, 0.25) is 4.34 Å². The van der Waals surface area contributed by atoms with Gasteiger partial charge in [-0.25, -0.2) is 4.39 Å². The van der Waals surface area contributed by atoms with Crippen molar-refractivity contribution >= 4 is 50.2 Å². The maximum atomic E-state index is 13.4. The molecule has 8 heteroatoms. The molecule has 4 nitrogen and oxygen atoms in total. The molecule has 0 aliphatic rings.